The molecule has 0 atom stereocenters. The second kappa shape index (κ2) is 10.3. The molecule has 0 saturated heterocycles. The number of nitrogens with one attached hydrogen (secondary N) is 1. The number of nitrogens with zero attached hydrogens (tertiary/aromatic N) is 3. The number of hydrogen-bond donors (Lipinski definition) is 1. The van der Waals surface area contributed by atoms with Gasteiger partial charge in [-0.2, -0.15) is 0 Å². The maximum absolute atomic E-state index is 12.5. The van der Waals surface area contributed by atoms with Crippen molar-refractivity contribution < 1.29 is 13.2 Å². The van der Waals surface area contributed by atoms with E-state index in [1.54, 1.807) is 12.1 Å². The number of aromatic nitrogens is 2. The van der Waals surface area contributed by atoms with Crippen LogP contribution in [0.3, 0.4) is 0 Å². The van der Waals surface area contributed by atoms with Crippen LogP contribution in [0.5, 0.6) is 0 Å². The Morgan fingerprint density at radius 3 is 2.44 bits per heavy atom. The van der Waals surface area contributed by atoms with Crippen molar-refractivity contribution in [2.24, 2.45) is 0 Å². The fourth-order valence-corrected chi connectivity index (χ4v) is 4.48. The maximum Gasteiger partial charge on any atom is 0.242 e. The van der Waals surface area contributed by atoms with E-state index in [0.717, 1.165) is 42.8 Å². The molecule has 3 rings (SSSR count). The van der Waals surface area contributed by atoms with Crippen molar-refractivity contribution in [3.05, 3.63) is 53.9 Å². The fourth-order valence-electron chi connectivity index (χ4n) is 3.56. The van der Waals surface area contributed by atoms with Gasteiger partial charge in [-0.05, 0) is 48.7 Å². The Balaban J connectivity index is 1.81. The van der Waals surface area contributed by atoms with E-state index in [2.05, 4.69) is 23.7 Å². The third-order valence-corrected chi connectivity index (χ3v) is 7.35. The van der Waals surface area contributed by atoms with Crippen molar-refractivity contribution in [2.45, 2.75) is 57.4 Å². The molecule has 2 aromatic carbocycles. The molecule has 3 aromatic rings. The maximum atomic E-state index is 12.5. The van der Waals surface area contributed by atoms with Crippen LogP contribution in [-0.4, -0.2) is 42.3 Å². The lowest BCUT2D eigenvalue weighted by Gasteiger charge is -2.11. The van der Waals surface area contributed by atoms with E-state index in [0.29, 0.717) is 18.4 Å². The van der Waals surface area contributed by atoms with E-state index >= 15 is 0 Å². The summed E-state index contributed by atoms with van der Waals surface area (Å²) in [4.78, 5) is 17.4. The first kappa shape index (κ1) is 23.9. The molecule has 0 bridgehead atoms. The van der Waals surface area contributed by atoms with Gasteiger partial charge in [0.2, 0.25) is 15.9 Å². The van der Waals surface area contributed by atoms with Crippen LogP contribution in [0.25, 0.3) is 11.0 Å². The van der Waals surface area contributed by atoms with Gasteiger partial charge >= 0.3 is 0 Å². The van der Waals surface area contributed by atoms with Crippen LogP contribution in [0.15, 0.2) is 47.4 Å². The van der Waals surface area contributed by atoms with Gasteiger partial charge in [0.15, 0.2) is 0 Å². The number of fused-ring (bicyclic) bond motifs is 1. The standard InChI is InChI=1S/C24H32N4O3S/c1-5-7-16-28-22-13-12-20(32(30,31)27(3)4)17-21(22)26-23(28)14-15-24(29)25-19-10-8-18(6-2)9-11-19/h8-13,17H,5-7,14-16H2,1-4H3,(H,25,29). The zero-order valence-electron chi connectivity index (χ0n) is 19.3. The molecule has 0 saturated carbocycles. The normalized spacial score (nSPS) is 11.9. The number of aryl methyl sites for hydroxylation is 3. The average molecular weight is 457 g/mol. The quantitative estimate of drug-likeness (QED) is 0.495. The monoisotopic (exact) mass is 456 g/mol. The van der Waals surface area contributed by atoms with Crippen LogP contribution in [0.1, 0.15) is 44.5 Å². The van der Waals surface area contributed by atoms with Gasteiger partial charge in [-0.15, -0.1) is 0 Å². The zero-order valence-corrected chi connectivity index (χ0v) is 20.1. The number of benzene rings is 2. The van der Waals surface area contributed by atoms with Crippen LogP contribution in [0, 0.1) is 0 Å². The molecule has 172 valence electrons. The molecule has 32 heavy (non-hydrogen) atoms. The molecule has 8 heteroatoms. The van der Waals surface area contributed by atoms with E-state index in [9.17, 15) is 13.2 Å². The van der Waals surface area contributed by atoms with Crippen LogP contribution >= 0.6 is 0 Å². The molecule has 0 aliphatic rings. The number of anilines is 1. The fraction of sp³-hybridized carbons (Fsp3) is 0.417. The third kappa shape index (κ3) is 5.37. The highest BCUT2D eigenvalue weighted by Crippen LogP contribution is 2.23. The minimum absolute atomic E-state index is 0.0702. The van der Waals surface area contributed by atoms with E-state index < -0.39 is 10.0 Å². The second-order valence-electron chi connectivity index (χ2n) is 8.07. The number of carbonyl (C=O) groups excluding carboxylic acids is 1. The van der Waals surface area contributed by atoms with E-state index in [4.69, 9.17) is 4.98 Å². The molecular weight excluding hydrogens is 424 g/mol. The average Bonchev–Trinajstić information content (AvgIpc) is 3.13. The van der Waals surface area contributed by atoms with Crippen molar-refractivity contribution in [3.8, 4) is 0 Å². The number of rotatable bonds is 10. The summed E-state index contributed by atoms with van der Waals surface area (Å²) in [6, 6.07) is 12.9. The number of hydrogen-bond acceptors (Lipinski definition) is 4. The Kier molecular flexibility index (Phi) is 7.69. The molecule has 1 aromatic heterocycles. The highest BCUT2D eigenvalue weighted by Gasteiger charge is 2.20. The first-order valence-electron chi connectivity index (χ1n) is 11.1. The smallest absolute Gasteiger partial charge is 0.242 e. The number of imidazole rings is 1. The Morgan fingerprint density at radius 2 is 1.81 bits per heavy atom. The summed E-state index contributed by atoms with van der Waals surface area (Å²) < 4.78 is 28.3. The lowest BCUT2D eigenvalue weighted by Crippen LogP contribution is -2.22. The molecule has 1 heterocycles. The van der Waals surface area contributed by atoms with Gasteiger partial charge < -0.3 is 9.88 Å². The van der Waals surface area contributed by atoms with E-state index in [1.807, 2.05) is 30.3 Å². The Hall–Kier alpha value is -2.71. The molecule has 0 radical (unpaired) electrons. The van der Waals surface area contributed by atoms with Gasteiger partial charge in [-0.25, -0.2) is 17.7 Å². The highest BCUT2D eigenvalue weighted by atomic mass is 32.2. The van der Waals surface area contributed by atoms with Gasteiger partial charge in [0.05, 0.1) is 15.9 Å². The Morgan fingerprint density at radius 1 is 1.09 bits per heavy atom. The third-order valence-electron chi connectivity index (χ3n) is 5.53. The van der Waals surface area contributed by atoms with Crippen molar-refractivity contribution in [3.63, 3.8) is 0 Å². The number of amides is 1. The summed E-state index contributed by atoms with van der Waals surface area (Å²) in [7, 11) is -0.508. The molecule has 7 nitrogen and oxygen atoms in total. The molecule has 0 spiro atoms. The minimum atomic E-state index is -3.53. The molecular formula is C24H32N4O3S. The minimum Gasteiger partial charge on any atom is -0.328 e. The molecule has 0 aliphatic heterocycles. The second-order valence-corrected chi connectivity index (χ2v) is 10.2. The highest BCUT2D eigenvalue weighted by molar-refractivity contribution is 7.89. The number of sulfonamides is 1. The summed E-state index contributed by atoms with van der Waals surface area (Å²) in [6.45, 7) is 5.00. The van der Waals surface area contributed by atoms with Gasteiger partial charge in [0.25, 0.3) is 0 Å². The SMILES string of the molecule is CCCCn1c(CCC(=O)Nc2ccc(CC)cc2)nc2cc(S(=O)(=O)N(C)C)ccc21. The Labute approximate surface area is 190 Å². The lowest BCUT2D eigenvalue weighted by molar-refractivity contribution is -0.116. The molecule has 0 unspecified atom stereocenters. The molecule has 0 aliphatic carbocycles. The first-order valence-corrected chi connectivity index (χ1v) is 12.5. The first-order chi connectivity index (χ1) is 15.3. The van der Waals surface area contributed by atoms with Gasteiger partial charge in [0, 0.05) is 39.2 Å². The van der Waals surface area contributed by atoms with Gasteiger partial charge in [-0.1, -0.05) is 32.4 Å². The molecule has 1 amide bonds. The van der Waals surface area contributed by atoms with Crippen LogP contribution in [0.2, 0.25) is 0 Å². The number of unbranched alkanes of at least 4 members (excludes halogenated alkanes) is 1. The summed E-state index contributed by atoms with van der Waals surface area (Å²) in [5.41, 5.74) is 3.53. The molecule has 1 N–H and O–H groups in total. The van der Waals surface area contributed by atoms with Gasteiger partial charge in [-0.3, -0.25) is 4.79 Å². The van der Waals surface area contributed by atoms with E-state index in [1.165, 1.54) is 24.0 Å². The van der Waals surface area contributed by atoms with E-state index in [-0.39, 0.29) is 10.8 Å². The number of carbonyl (C=O) groups is 1. The predicted molar refractivity (Wildman–Crippen MR) is 128 cm³/mol. The van der Waals surface area contributed by atoms with Crippen LogP contribution in [0.4, 0.5) is 5.69 Å². The summed E-state index contributed by atoms with van der Waals surface area (Å²) >= 11 is 0. The molecule has 0 fully saturated rings. The zero-order chi connectivity index (χ0) is 23.3. The van der Waals surface area contributed by atoms with Crippen molar-refractivity contribution in [2.75, 3.05) is 19.4 Å². The van der Waals surface area contributed by atoms with Crippen molar-refractivity contribution in [1.29, 1.82) is 0 Å². The summed E-state index contributed by atoms with van der Waals surface area (Å²) in [5.74, 6) is 0.726. The van der Waals surface area contributed by atoms with Crippen molar-refractivity contribution >= 4 is 32.7 Å². The lowest BCUT2D eigenvalue weighted by atomic mass is 10.1. The van der Waals surface area contributed by atoms with Gasteiger partial charge in [0.1, 0.15) is 5.82 Å². The topological polar surface area (TPSA) is 84.3 Å². The predicted octanol–water partition coefficient (Wildman–Crippen LogP) is 4.22. The largest absolute Gasteiger partial charge is 0.328 e. The van der Waals surface area contributed by atoms with Crippen molar-refractivity contribution in [1.82, 2.24) is 13.9 Å². The summed E-state index contributed by atoms with van der Waals surface area (Å²) in [5, 5.41) is 2.94. The Bertz CT molecular complexity index is 1180. The van der Waals surface area contributed by atoms with Crippen LogP contribution < -0.4 is 5.32 Å². The van der Waals surface area contributed by atoms with Crippen LogP contribution in [-0.2, 0) is 34.2 Å². The summed E-state index contributed by atoms with van der Waals surface area (Å²) in [6.07, 6.45) is 3.74.